The Morgan fingerprint density at radius 1 is 0.840 bits per heavy atom. The second-order valence-electron chi connectivity index (χ2n) is 6.94. The highest BCUT2D eigenvalue weighted by atomic mass is 32.2. The van der Waals surface area contributed by atoms with Crippen LogP contribution in [-0.2, 0) is 12.8 Å². The van der Waals surface area contributed by atoms with Crippen molar-refractivity contribution in [3.63, 3.8) is 0 Å². The monoisotopic (exact) mass is 344 g/mol. The van der Waals surface area contributed by atoms with E-state index in [1.807, 2.05) is 11.8 Å². The quantitative estimate of drug-likeness (QED) is 0.452. The third-order valence-corrected chi connectivity index (χ3v) is 6.61. The van der Waals surface area contributed by atoms with Gasteiger partial charge in [-0.15, -0.1) is 0 Å². The average Bonchev–Trinajstić information content (AvgIpc) is 3.13. The normalized spacial score (nSPS) is 15.7. The van der Waals surface area contributed by atoms with Crippen molar-refractivity contribution in [2.75, 3.05) is 6.61 Å². The largest absolute Gasteiger partial charge is 0.493 e. The van der Waals surface area contributed by atoms with Crippen molar-refractivity contribution in [2.45, 2.75) is 35.5 Å². The van der Waals surface area contributed by atoms with Crippen molar-refractivity contribution in [3.05, 3.63) is 88.5 Å². The molecule has 2 aliphatic heterocycles. The number of benzene rings is 3. The van der Waals surface area contributed by atoms with Gasteiger partial charge >= 0.3 is 0 Å². The Kier molecular flexibility index (Phi) is 3.60. The standard InChI is InChI=1S/C23H20OS/c1-15(16-6-8-21-18(12-16)10-11-24-21)17-7-9-23-20(13-17)14-19-4-2-3-5-22(19)25-23/h2-9,12-13,15H,10-11,14H2,1H3. The number of hydrogen-bond donors (Lipinski definition) is 0. The predicted molar refractivity (Wildman–Crippen MR) is 103 cm³/mol. The molecular formula is C23H20OS. The van der Waals surface area contributed by atoms with Crippen LogP contribution >= 0.6 is 11.8 Å². The van der Waals surface area contributed by atoms with E-state index in [1.54, 1.807) is 0 Å². The molecule has 0 aliphatic carbocycles. The van der Waals surface area contributed by atoms with Gasteiger partial charge in [0.25, 0.3) is 0 Å². The number of rotatable bonds is 2. The highest BCUT2D eigenvalue weighted by molar-refractivity contribution is 7.99. The lowest BCUT2D eigenvalue weighted by atomic mass is 9.90. The summed E-state index contributed by atoms with van der Waals surface area (Å²) < 4.78 is 5.64. The molecule has 2 heterocycles. The van der Waals surface area contributed by atoms with Gasteiger partial charge < -0.3 is 4.74 Å². The maximum absolute atomic E-state index is 5.64. The Balaban J connectivity index is 1.47. The van der Waals surface area contributed by atoms with Crippen LogP contribution in [0.2, 0.25) is 0 Å². The zero-order chi connectivity index (χ0) is 16.8. The molecule has 2 aliphatic rings. The van der Waals surface area contributed by atoms with Crippen molar-refractivity contribution in [2.24, 2.45) is 0 Å². The smallest absolute Gasteiger partial charge is 0.122 e. The fourth-order valence-corrected chi connectivity index (χ4v) is 4.90. The molecule has 0 N–H and O–H groups in total. The molecule has 2 heteroatoms. The third-order valence-electron chi connectivity index (χ3n) is 5.37. The van der Waals surface area contributed by atoms with Gasteiger partial charge in [-0.2, -0.15) is 0 Å². The van der Waals surface area contributed by atoms with Gasteiger partial charge in [-0.05, 0) is 52.4 Å². The van der Waals surface area contributed by atoms with E-state index in [4.69, 9.17) is 4.74 Å². The van der Waals surface area contributed by atoms with Crippen LogP contribution in [0.4, 0.5) is 0 Å². The zero-order valence-corrected chi connectivity index (χ0v) is 15.1. The molecule has 0 saturated heterocycles. The molecular weight excluding hydrogens is 324 g/mol. The maximum atomic E-state index is 5.64. The van der Waals surface area contributed by atoms with Gasteiger partial charge in [0.1, 0.15) is 5.75 Å². The van der Waals surface area contributed by atoms with Crippen molar-refractivity contribution >= 4 is 11.8 Å². The van der Waals surface area contributed by atoms with Crippen LogP contribution in [0.5, 0.6) is 5.75 Å². The van der Waals surface area contributed by atoms with E-state index >= 15 is 0 Å². The minimum Gasteiger partial charge on any atom is -0.493 e. The molecule has 5 rings (SSSR count). The summed E-state index contributed by atoms with van der Waals surface area (Å²) in [6.45, 7) is 3.13. The summed E-state index contributed by atoms with van der Waals surface area (Å²) in [5.74, 6) is 1.47. The lowest BCUT2D eigenvalue weighted by molar-refractivity contribution is 0.357. The van der Waals surface area contributed by atoms with E-state index in [9.17, 15) is 0 Å². The minimum absolute atomic E-state index is 0.401. The Morgan fingerprint density at radius 2 is 1.60 bits per heavy atom. The van der Waals surface area contributed by atoms with E-state index in [0.717, 1.165) is 25.2 Å². The molecule has 0 bridgehead atoms. The number of ether oxygens (including phenoxy) is 1. The van der Waals surface area contributed by atoms with Gasteiger partial charge in [0, 0.05) is 22.1 Å². The summed E-state index contributed by atoms with van der Waals surface area (Å²) in [5.41, 5.74) is 7.04. The highest BCUT2D eigenvalue weighted by Crippen LogP contribution is 2.41. The van der Waals surface area contributed by atoms with Crippen molar-refractivity contribution in [3.8, 4) is 5.75 Å². The summed E-state index contributed by atoms with van der Waals surface area (Å²) >= 11 is 1.90. The molecule has 3 aromatic rings. The highest BCUT2D eigenvalue weighted by Gasteiger charge is 2.19. The molecule has 1 atom stereocenters. The van der Waals surface area contributed by atoms with Crippen molar-refractivity contribution in [1.82, 2.24) is 0 Å². The Labute approximate surface area is 153 Å². The van der Waals surface area contributed by atoms with E-state index in [0.29, 0.717) is 5.92 Å². The predicted octanol–water partition coefficient (Wildman–Crippen LogP) is 5.83. The van der Waals surface area contributed by atoms with Crippen LogP contribution in [0.25, 0.3) is 0 Å². The first kappa shape index (κ1) is 15.1. The minimum atomic E-state index is 0.401. The molecule has 0 aromatic heterocycles. The molecule has 124 valence electrons. The molecule has 0 spiro atoms. The second-order valence-corrected chi connectivity index (χ2v) is 8.02. The SMILES string of the molecule is CC(c1ccc2c(c1)CCO2)c1ccc2c(c1)Cc1ccccc1S2. The topological polar surface area (TPSA) is 9.23 Å². The summed E-state index contributed by atoms with van der Waals surface area (Å²) in [4.78, 5) is 2.80. The Bertz CT molecular complexity index is 960. The van der Waals surface area contributed by atoms with Crippen LogP contribution < -0.4 is 4.74 Å². The fraction of sp³-hybridized carbons (Fsp3) is 0.217. The lowest BCUT2D eigenvalue weighted by Crippen LogP contribution is -2.03. The van der Waals surface area contributed by atoms with Gasteiger partial charge in [0.05, 0.1) is 6.61 Å². The lowest BCUT2D eigenvalue weighted by Gasteiger charge is -2.21. The van der Waals surface area contributed by atoms with Gasteiger partial charge in [0.15, 0.2) is 0 Å². The second kappa shape index (κ2) is 5.96. The van der Waals surface area contributed by atoms with Crippen LogP contribution in [-0.4, -0.2) is 6.61 Å². The fourth-order valence-electron chi connectivity index (χ4n) is 3.85. The number of hydrogen-bond acceptors (Lipinski definition) is 2. The first-order valence-electron chi connectivity index (χ1n) is 8.92. The molecule has 0 amide bonds. The molecule has 0 saturated carbocycles. The molecule has 1 unspecified atom stereocenters. The molecule has 25 heavy (non-hydrogen) atoms. The van der Waals surface area contributed by atoms with Crippen LogP contribution in [0, 0.1) is 0 Å². The van der Waals surface area contributed by atoms with E-state index in [1.165, 1.54) is 37.6 Å². The Hall–Kier alpha value is -2.19. The van der Waals surface area contributed by atoms with Crippen LogP contribution in [0.3, 0.4) is 0 Å². The maximum Gasteiger partial charge on any atom is 0.122 e. The van der Waals surface area contributed by atoms with Crippen LogP contribution in [0.15, 0.2) is 70.5 Å². The Morgan fingerprint density at radius 3 is 2.52 bits per heavy atom. The first-order chi connectivity index (χ1) is 12.3. The van der Waals surface area contributed by atoms with Gasteiger partial charge in [-0.1, -0.05) is 61.2 Å². The molecule has 3 aromatic carbocycles. The van der Waals surface area contributed by atoms with Gasteiger partial charge in [-0.25, -0.2) is 0 Å². The molecule has 0 fully saturated rings. The summed E-state index contributed by atoms with van der Waals surface area (Å²) in [6.07, 6.45) is 2.07. The first-order valence-corrected chi connectivity index (χ1v) is 9.74. The average molecular weight is 344 g/mol. The molecule has 0 radical (unpaired) electrons. The third kappa shape index (κ3) is 2.65. The summed E-state index contributed by atoms with van der Waals surface area (Å²) in [6, 6.07) is 22.5. The van der Waals surface area contributed by atoms with Crippen molar-refractivity contribution < 1.29 is 4.74 Å². The van der Waals surface area contributed by atoms with Gasteiger partial charge in [-0.3, -0.25) is 0 Å². The van der Waals surface area contributed by atoms with Crippen LogP contribution in [0.1, 0.15) is 40.7 Å². The zero-order valence-electron chi connectivity index (χ0n) is 14.3. The molecule has 1 nitrogen and oxygen atoms in total. The van der Waals surface area contributed by atoms with E-state index in [2.05, 4.69) is 67.6 Å². The van der Waals surface area contributed by atoms with Crippen molar-refractivity contribution in [1.29, 1.82) is 0 Å². The van der Waals surface area contributed by atoms with E-state index < -0.39 is 0 Å². The summed E-state index contributed by atoms with van der Waals surface area (Å²) in [7, 11) is 0. The summed E-state index contributed by atoms with van der Waals surface area (Å²) in [5, 5.41) is 0. The van der Waals surface area contributed by atoms with Gasteiger partial charge in [0.2, 0.25) is 0 Å². The van der Waals surface area contributed by atoms with E-state index in [-0.39, 0.29) is 0 Å². The number of fused-ring (bicyclic) bond motifs is 3.